The predicted molar refractivity (Wildman–Crippen MR) is 165 cm³/mol. The molecule has 0 aromatic heterocycles. The van der Waals surface area contributed by atoms with Crippen LogP contribution in [0.15, 0.2) is 60.7 Å². The number of para-hydroxylation sites is 1. The van der Waals surface area contributed by atoms with Crippen LogP contribution in [0.5, 0.6) is 17.2 Å². The Morgan fingerprint density at radius 3 is 2.07 bits per heavy atom. The Hall–Kier alpha value is -5.26. The van der Waals surface area contributed by atoms with Crippen molar-refractivity contribution >= 4 is 35.2 Å². The molecule has 0 saturated heterocycles. The molecule has 0 bridgehead atoms. The first kappa shape index (κ1) is 33.2. The number of hydrogen-bond donors (Lipinski definition) is 3. The van der Waals surface area contributed by atoms with Gasteiger partial charge >= 0.3 is 12.0 Å². The molecule has 0 unspecified atom stereocenters. The SMILES string of the molecule is COc1cc(CC(=O)N(C)CC(=O)N(CCC(=O)O)Cc2ccc(OC)c(OC)c2)ccc1NC(=O)Nc1ccccc1C. The van der Waals surface area contributed by atoms with Crippen LogP contribution >= 0.6 is 0 Å². The van der Waals surface area contributed by atoms with E-state index in [0.717, 1.165) is 5.56 Å². The number of aryl methyl sites for hydroxylation is 1. The van der Waals surface area contributed by atoms with Gasteiger partial charge in [0.15, 0.2) is 11.5 Å². The molecule has 0 saturated carbocycles. The fourth-order valence-electron chi connectivity index (χ4n) is 4.36. The maximum Gasteiger partial charge on any atom is 0.323 e. The first-order chi connectivity index (χ1) is 21.0. The maximum atomic E-state index is 13.2. The number of nitrogens with one attached hydrogen (secondary N) is 2. The number of aliphatic carboxylic acids is 1. The van der Waals surface area contributed by atoms with Crippen molar-refractivity contribution in [3.05, 3.63) is 77.4 Å². The van der Waals surface area contributed by atoms with Gasteiger partial charge in [-0.05, 0) is 53.9 Å². The van der Waals surface area contributed by atoms with E-state index in [9.17, 15) is 24.3 Å². The highest BCUT2D eigenvalue weighted by atomic mass is 16.5. The number of carbonyl (C=O) groups excluding carboxylic acids is 3. The fourth-order valence-corrected chi connectivity index (χ4v) is 4.36. The van der Waals surface area contributed by atoms with Gasteiger partial charge in [0.2, 0.25) is 11.8 Å². The van der Waals surface area contributed by atoms with E-state index in [1.54, 1.807) is 42.5 Å². The van der Waals surface area contributed by atoms with Crippen molar-refractivity contribution in [3.8, 4) is 17.2 Å². The van der Waals surface area contributed by atoms with Gasteiger partial charge in [0.25, 0.3) is 0 Å². The van der Waals surface area contributed by atoms with E-state index in [-0.39, 0.29) is 38.4 Å². The van der Waals surface area contributed by atoms with Gasteiger partial charge < -0.3 is 39.8 Å². The van der Waals surface area contributed by atoms with Crippen LogP contribution in [0.1, 0.15) is 23.1 Å². The lowest BCUT2D eigenvalue weighted by Gasteiger charge is -2.26. The van der Waals surface area contributed by atoms with E-state index in [4.69, 9.17) is 14.2 Å². The zero-order valence-electron chi connectivity index (χ0n) is 25.5. The second-order valence-corrected chi connectivity index (χ2v) is 10.0. The van der Waals surface area contributed by atoms with Crippen molar-refractivity contribution in [1.29, 1.82) is 0 Å². The third-order valence-corrected chi connectivity index (χ3v) is 6.83. The number of methoxy groups -OCH3 is 3. The summed E-state index contributed by atoms with van der Waals surface area (Å²) in [7, 11) is 5.98. The molecule has 4 amide bonds. The number of likely N-dealkylation sites (N-methyl/N-ethyl adjacent to an activating group) is 1. The first-order valence-electron chi connectivity index (χ1n) is 13.8. The lowest BCUT2D eigenvalue weighted by molar-refractivity contribution is -0.141. The summed E-state index contributed by atoms with van der Waals surface area (Å²) in [6, 6.07) is 17.1. The summed E-state index contributed by atoms with van der Waals surface area (Å²) < 4.78 is 16.0. The van der Waals surface area contributed by atoms with Gasteiger partial charge in [0.05, 0.1) is 46.4 Å². The van der Waals surface area contributed by atoms with Gasteiger partial charge in [0.1, 0.15) is 5.75 Å². The molecule has 3 aromatic carbocycles. The van der Waals surface area contributed by atoms with Crippen LogP contribution in [-0.2, 0) is 27.3 Å². The monoisotopic (exact) mass is 606 g/mol. The second kappa shape index (κ2) is 15.8. The van der Waals surface area contributed by atoms with Gasteiger partial charge in [-0.2, -0.15) is 0 Å². The molecule has 0 spiro atoms. The molecular formula is C32H38N4O8. The highest BCUT2D eigenvalue weighted by molar-refractivity contribution is 6.01. The van der Waals surface area contributed by atoms with Crippen molar-refractivity contribution in [2.45, 2.75) is 26.3 Å². The zero-order chi connectivity index (χ0) is 32.2. The molecule has 3 rings (SSSR count). The number of rotatable bonds is 14. The van der Waals surface area contributed by atoms with E-state index in [1.807, 2.05) is 25.1 Å². The molecule has 3 aromatic rings. The van der Waals surface area contributed by atoms with Crippen LogP contribution in [0.2, 0.25) is 0 Å². The smallest absolute Gasteiger partial charge is 0.323 e. The Morgan fingerprint density at radius 2 is 1.41 bits per heavy atom. The van der Waals surface area contributed by atoms with Crippen LogP contribution in [-0.4, -0.2) is 80.2 Å². The van der Waals surface area contributed by atoms with Crippen LogP contribution < -0.4 is 24.8 Å². The highest BCUT2D eigenvalue weighted by Crippen LogP contribution is 2.29. The summed E-state index contributed by atoms with van der Waals surface area (Å²) >= 11 is 0. The summed E-state index contributed by atoms with van der Waals surface area (Å²) in [4.78, 5) is 52.8. The molecule has 0 aliphatic carbocycles. The predicted octanol–water partition coefficient (Wildman–Crippen LogP) is 4.17. The van der Waals surface area contributed by atoms with Gasteiger partial charge in [-0.25, -0.2) is 4.79 Å². The van der Waals surface area contributed by atoms with E-state index in [2.05, 4.69) is 10.6 Å². The number of hydrogen-bond acceptors (Lipinski definition) is 7. The van der Waals surface area contributed by atoms with Crippen LogP contribution in [0, 0.1) is 6.92 Å². The molecule has 0 atom stereocenters. The topological polar surface area (TPSA) is 147 Å². The largest absolute Gasteiger partial charge is 0.495 e. The Morgan fingerprint density at radius 1 is 0.773 bits per heavy atom. The van der Waals surface area contributed by atoms with Crippen molar-refractivity contribution in [3.63, 3.8) is 0 Å². The molecule has 0 radical (unpaired) electrons. The minimum atomic E-state index is -1.04. The fraction of sp³-hybridized carbons (Fsp3) is 0.312. The quantitative estimate of drug-likeness (QED) is 0.248. The number of carboxylic acids is 1. The molecule has 3 N–H and O–H groups in total. The lowest BCUT2D eigenvalue weighted by Crippen LogP contribution is -2.42. The van der Waals surface area contributed by atoms with Crippen molar-refractivity contribution in [1.82, 2.24) is 9.80 Å². The number of nitrogens with zero attached hydrogens (tertiary/aromatic N) is 2. The number of ether oxygens (including phenoxy) is 3. The Kier molecular flexibility index (Phi) is 12.0. The number of amides is 4. The second-order valence-electron chi connectivity index (χ2n) is 10.0. The molecule has 44 heavy (non-hydrogen) atoms. The Bertz CT molecular complexity index is 1490. The molecule has 12 heteroatoms. The first-order valence-corrected chi connectivity index (χ1v) is 13.8. The average molecular weight is 607 g/mol. The normalized spacial score (nSPS) is 10.4. The minimum Gasteiger partial charge on any atom is -0.495 e. The van der Waals surface area contributed by atoms with Gasteiger partial charge in [-0.3, -0.25) is 14.4 Å². The van der Waals surface area contributed by atoms with Crippen LogP contribution in [0.25, 0.3) is 0 Å². The molecule has 0 aliphatic rings. The van der Waals surface area contributed by atoms with Crippen molar-refractivity contribution in [2.75, 3.05) is 52.1 Å². The average Bonchev–Trinajstić information content (AvgIpc) is 3.00. The van der Waals surface area contributed by atoms with Crippen LogP contribution in [0.3, 0.4) is 0 Å². The summed E-state index contributed by atoms with van der Waals surface area (Å²) in [6.45, 7) is 1.73. The van der Waals surface area contributed by atoms with Crippen LogP contribution in [0.4, 0.5) is 16.2 Å². The molecule has 12 nitrogen and oxygen atoms in total. The third kappa shape index (κ3) is 9.38. The van der Waals surface area contributed by atoms with E-state index >= 15 is 0 Å². The molecular weight excluding hydrogens is 568 g/mol. The van der Waals surface area contributed by atoms with E-state index < -0.39 is 17.9 Å². The summed E-state index contributed by atoms with van der Waals surface area (Å²) in [5.41, 5.74) is 3.33. The Balaban J connectivity index is 1.64. The lowest BCUT2D eigenvalue weighted by atomic mass is 10.1. The van der Waals surface area contributed by atoms with Gasteiger partial charge in [-0.1, -0.05) is 30.3 Å². The number of anilines is 2. The Labute approximate surface area is 256 Å². The summed E-state index contributed by atoms with van der Waals surface area (Å²) in [5.74, 6) is -0.415. The van der Waals surface area contributed by atoms with E-state index in [1.165, 1.54) is 38.2 Å². The third-order valence-electron chi connectivity index (χ3n) is 6.83. The zero-order valence-corrected chi connectivity index (χ0v) is 25.5. The van der Waals surface area contributed by atoms with Gasteiger partial charge in [0, 0.05) is 25.8 Å². The number of carboxylic acid groups (broad SMARTS) is 1. The summed E-state index contributed by atoms with van der Waals surface area (Å²) in [6.07, 6.45) is -0.277. The number of urea groups is 1. The van der Waals surface area contributed by atoms with Gasteiger partial charge in [-0.15, -0.1) is 0 Å². The van der Waals surface area contributed by atoms with E-state index in [0.29, 0.717) is 39.8 Å². The minimum absolute atomic E-state index is 0.0272. The molecule has 0 aliphatic heterocycles. The summed E-state index contributed by atoms with van der Waals surface area (Å²) in [5, 5.41) is 14.8. The standard InChI is InChI=1S/C32H38N4O8/c1-21-8-6-7-9-24(21)33-32(41)34-25-12-10-22(16-27(25)43-4)18-29(37)35(2)20-30(38)36(15-14-31(39)40)19-23-11-13-26(42-3)28(17-23)44-5/h6-13,16-17H,14-15,18-20H2,1-5H3,(H,39,40)(H2,33,34,41). The maximum absolute atomic E-state index is 13.2. The van der Waals surface area contributed by atoms with Crippen molar-refractivity contribution < 1.29 is 38.5 Å². The molecule has 0 heterocycles. The molecule has 234 valence electrons. The van der Waals surface area contributed by atoms with Crippen molar-refractivity contribution in [2.24, 2.45) is 0 Å². The molecule has 0 fully saturated rings. The number of carbonyl (C=O) groups is 4. The number of benzene rings is 3. The highest BCUT2D eigenvalue weighted by Gasteiger charge is 2.21.